The van der Waals surface area contributed by atoms with Crippen LogP contribution in [0.15, 0.2) is 67.3 Å². The van der Waals surface area contributed by atoms with Crippen molar-refractivity contribution in [2.24, 2.45) is 0 Å². The van der Waals surface area contributed by atoms with Gasteiger partial charge in [0.05, 0.1) is 0 Å². The number of carbonyl (C=O) groups is 1. The van der Waals surface area contributed by atoms with Crippen LogP contribution in [0, 0.1) is 20.8 Å². The summed E-state index contributed by atoms with van der Waals surface area (Å²) in [6, 6.07) is 14.9. The number of carbonyl (C=O) groups excluding carboxylic acids is 1. The lowest BCUT2D eigenvalue weighted by atomic mass is 10.1. The van der Waals surface area contributed by atoms with Crippen LogP contribution >= 0.6 is 0 Å². The van der Waals surface area contributed by atoms with E-state index in [-0.39, 0.29) is 6.03 Å². The molecule has 0 aliphatic carbocycles. The molecule has 2 amide bonds. The van der Waals surface area contributed by atoms with Crippen LogP contribution in [0.1, 0.15) is 17.0 Å². The lowest BCUT2D eigenvalue weighted by Crippen LogP contribution is -2.19. The van der Waals surface area contributed by atoms with Crippen LogP contribution in [0.3, 0.4) is 0 Å². The Balaban J connectivity index is 1.39. The zero-order chi connectivity index (χ0) is 21.8. The molecule has 0 saturated heterocycles. The molecule has 0 spiro atoms. The Bertz CT molecular complexity index is 1210. The van der Waals surface area contributed by atoms with Gasteiger partial charge in [0.2, 0.25) is 0 Å². The second kappa shape index (κ2) is 8.66. The highest BCUT2D eigenvalue weighted by Crippen LogP contribution is 2.20. The third kappa shape index (κ3) is 4.87. The summed E-state index contributed by atoms with van der Waals surface area (Å²) in [5.74, 6) is 2.24. The zero-order valence-corrected chi connectivity index (χ0v) is 17.5. The maximum absolute atomic E-state index is 12.3. The molecule has 2 aromatic carbocycles. The first kappa shape index (κ1) is 20.1. The molecule has 31 heavy (non-hydrogen) atoms. The Kier molecular flexibility index (Phi) is 5.61. The van der Waals surface area contributed by atoms with E-state index in [2.05, 4.69) is 30.9 Å². The van der Waals surface area contributed by atoms with Gasteiger partial charge in [-0.05, 0) is 56.7 Å². The molecule has 0 fully saturated rings. The van der Waals surface area contributed by atoms with E-state index in [1.54, 1.807) is 6.20 Å². The molecule has 2 heterocycles. The Hall–Kier alpha value is -4.20. The van der Waals surface area contributed by atoms with Gasteiger partial charge >= 0.3 is 6.03 Å². The van der Waals surface area contributed by atoms with E-state index in [0.717, 1.165) is 34.1 Å². The predicted octanol–water partition coefficient (Wildman–Crippen LogP) is 4.98. The van der Waals surface area contributed by atoms with Crippen LogP contribution in [0.5, 0.6) is 0 Å². The predicted molar refractivity (Wildman–Crippen MR) is 122 cm³/mol. The van der Waals surface area contributed by atoms with E-state index >= 15 is 0 Å². The Morgan fingerprint density at radius 2 is 1.65 bits per heavy atom. The lowest BCUT2D eigenvalue weighted by molar-refractivity contribution is 0.262. The summed E-state index contributed by atoms with van der Waals surface area (Å²) in [6.45, 7) is 5.90. The Morgan fingerprint density at radius 1 is 0.871 bits per heavy atom. The summed E-state index contributed by atoms with van der Waals surface area (Å²) >= 11 is 0. The molecule has 8 heteroatoms. The number of hydrogen-bond acceptors (Lipinski definition) is 5. The molecule has 0 saturated carbocycles. The van der Waals surface area contributed by atoms with Crippen molar-refractivity contribution in [2.45, 2.75) is 20.8 Å². The Labute approximate surface area is 180 Å². The molecular weight excluding hydrogens is 390 g/mol. The number of nitrogens with one attached hydrogen (secondary N) is 3. The average molecular weight is 413 g/mol. The number of nitrogens with zero attached hydrogens (tertiary/aromatic N) is 4. The summed E-state index contributed by atoms with van der Waals surface area (Å²) in [5, 5.41) is 8.96. The van der Waals surface area contributed by atoms with Crippen molar-refractivity contribution in [3.05, 3.63) is 84.2 Å². The van der Waals surface area contributed by atoms with Crippen LogP contribution in [0.2, 0.25) is 0 Å². The van der Waals surface area contributed by atoms with Gasteiger partial charge in [-0.1, -0.05) is 17.7 Å². The van der Waals surface area contributed by atoms with E-state index in [4.69, 9.17) is 0 Å². The van der Waals surface area contributed by atoms with Gasteiger partial charge in [-0.25, -0.2) is 19.7 Å². The fourth-order valence-electron chi connectivity index (χ4n) is 3.19. The van der Waals surface area contributed by atoms with Gasteiger partial charge in [-0.15, -0.1) is 0 Å². The highest BCUT2D eigenvalue weighted by Gasteiger charge is 2.07. The number of aromatic nitrogens is 4. The zero-order valence-electron chi connectivity index (χ0n) is 17.5. The minimum atomic E-state index is -0.288. The molecular formula is C23H23N7O. The van der Waals surface area contributed by atoms with Gasteiger partial charge in [0, 0.05) is 35.5 Å². The summed E-state index contributed by atoms with van der Waals surface area (Å²) < 4.78 is 1.88. The standard InChI is InChI=1S/C23H23N7O/c1-15-4-9-20(16(2)12-15)29-23(31)28-19-7-5-18(6-8-19)27-21-13-22(26-14-25-21)30-11-10-24-17(30)3/h4-14H,1-3H3,(H,25,26,27)(H2,28,29,31). The number of urea groups is 1. The van der Waals surface area contributed by atoms with Crippen LogP contribution in [0.25, 0.3) is 5.82 Å². The molecule has 3 N–H and O–H groups in total. The summed E-state index contributed by atoms with van der Waals surface area (Å²) in [5.41, 5.74) is 4.49. The number of rotatable bonds is 5. The smallest absolute Gasteiger partial charge is 0.323 e. The largest absolute Gasteiger partial charge is 0.340 e. The molecule has 0 aliphatic heterocycles. The van der Waals surface area contributed by atoms with Crippen LogP contribution in [0.4, 0.5) is 27.7 Å². The maximum atomic E-state index is 12.3. The fourth-order valence-corrected chi connectivity index (χ4v) is 3.19. The monoisotopic (exact) mass is 413 g/mol. The van der Waals surface area contributed by atoms with Crippen molar-refractivity contribution >= 4 is 28.9 Å². The summed E-state index contributed by atoms with van der Waals surface area (Å²) in [4.78, 5) is 25.1. The number of imidazole rings is 1. The molecule has 2 aromatic heterocycles. The van der Waals surface area contributed by atoms with Gasteiger partial charge in [0.25, 0.3) is 0 Å². The lowest BCUT2D eigenvalue weighted by Gasteiger charge is -2.11. The topological polar surface area (TPSA) is 96.8 Å². The molecule has 0 bridgehead atoms. The van der Waals surface area contributed by atoms with Crippen molar-refractivity contribution in [1.29, 1.82) is 0 Å². The number of aryl methyl sites for hydroxylation is 3. The van der Waals surface area contributed by atoms with Gasteiger partial charge in [-0.2, -0.15) is 0 Å². The van der Waals surface area contributed by atoms with E-state index in [0.29, 0.717) is 11.5 Å². The van der Waals surface area contributed by atoms with E-state index in [1.807, 2.05) is 80.1 Å². The first-order valence-electron chi connectivity index (χ1n) is 9.83. The van der Waals surface area contributed by atoms with Crippen LogP contribution < -0.4 is 16.0 Å². The van der Waals surface area contributed by atoms with Gasteiger partial charge in [0.1, 0.15) is 23.8 Å². The number of benzene rings is 2. The second-order valence-corrected chi connectivity index (χ2v) is 7.21. The van der Waals surface area contributed by atoms with Crippen molar-refractivity contribution in [1.82, 2.24) is 19.5 Å². The van der Waals surface area contributed by atoms with Gasteiger partial charge < -0.3 is 16.0 Å². The number of anilines is 4. The van der Waals surface area contributed by atoms with Gasteiger partial charge in [0.15, 0.2) is 0 Å². The number of hydrogen-bond donors (Lipinski definition) is 3. The fraction of sp³-hybridized carbons (Fsp3) is 0.130. The van der Waals surface area contributed by atoms with Crippen molar-refractivity contribution in [3.63, 3.8) is 0 Å². The van der Waals surface area contributed by atoms with E-state index in [1.165, 1.54) is 6.33 Å². The summed E-state index contributed by atoms with van der Waals surface area (Å²) in [7, 11) is 0. The summed E-state index contributed by atoms with van der Waals surface area (Å²) in [6.07, 6.45) is 5.09. The normalized spacial score (nSPS) is 10.5. The van der Waals surface area contributed by atoms with Crippen molar-refractivity contribution < 1.29 is 4.79 Å². The highest BCUT2D eigenvalue weighted by molar-refractivity contribution is 6.00. The Morgan fingerprint density at radius 3 is 2.35 bits per heavy atom. The van der Waals surface area contributed by atoms with Gasteiger partial charge in [-0.3, -0.25) is 4.57 Å². The number of amides is 2. The molecule has 0 atom stereocenters. The van der Waals surface area contributed by atoms with E-state index < -0.39 is 0 Å². The SMILES string of the molecule is Cc1ccc(NC(=O)Nc2ccc(Nc3cc(-n4ccnc4C)ncn3)cc2)c(C)c1. The maximum Gasteiger partial charge on any atom is 0.323 e. The third-order valence-electron chi connectivity index (χ3n) is 4.77. The average Bonchev–Trinajstić information content (AvgIpc) is 3.18. The first-order chi connectivity index (χ1) is 15.0. The van der Waals surface area contributed by atoms with Crippen molar-refractivity contribution in [3.8, 4) is 5.82 Å². The van der Waals surface area contributed by atoms with E-state index in [9.17, 15) is 4.79 Å². The minimum Gasteiger partial charge on any atom is -0.340 e. The second-order valence-electron chi connectivity index (χ2n) is 7.21. The van der Waals surface area contributed by atoms with Crippen LogP contribution in [-0.2, 0) is 0 Å². The molecule has 4 aromatic rings. The first-order valence-corrected chi connectivity index (χ1v) is 9.83. The molecule has 4 rings (SSSR count). The molecule has 8 nitrogen and oxygen atoms in total. The molecule has 0 aliphatic rings. The highest BCUT2D eigenvalue weighted by atomic mass is 16.2. The molecule has 0 unspecified atom stereocenters. The minimum absolute atomic E-state index is 0.288. The third-order valence-corrected chi connectivity index (χ3v) is 4.77. The quantitative estimate of drug-likeness (QED) is 0.429. The molecule has 0 radical (unpaired) electrons. The molecule has 156 valence electrons. The van der Waals surface area contributed by atoms with Crippen LogP contribution in [-0.4, -0.2) is 25.6 Å². The van der Waals surface area contributed by atoms with Crippen molar-refractivity contribution in [2.75, 3.05) is 16.0 Å².